The fraction of sp³-hybridized carbons (Fsp3) is 0.318. The topological polar surface area (TPSA) is 111 Å². The van der Waals surface area contributed by atoms with Crippen LogP contribution in [0, 0.1) is 0 Å². The number of aromatic nitrogens is 3. The minimum absolute atomic E-state index is 0.0124. The van der Waals surface area contributed by atoms with Gasteiger partial charge in [0.15, 0.2) is 0 Å². The Morgan fingerprint density at radius 3 is 2.67 bits per heavy atom. The normalized spacial score (nSPS) is 14.9. The number of aliphatic hydroxyl groups excluding tert-OH is 1. The molecule has 1 aliphatic heterocycles. The fourth-order valence-corrected chi connectivity index (χ4v) is 3.94. The molecular formula is C22H21ClF3N5O5. The van der Waals surface area contributed by atoms with Crippen LogP contribution in [0.1, 0.15) is 12.0 Å². The third-order valence-electron chi connectivity index (χ3n) is 5.38. The molecule has 0 bridgehead atoms. The summed E-state index contributed by atoms with van der Waals surface area (Å²) in [6.45, 7) is -0.191. The third kappa shape index (κ3) is 5.26. The van der Waals surface area contributed by atoms with E-state index in [2.05, 4.69) is 15.0 Å². The quantitative estimate of drug-likeness (QED) is 0.460. The first-order valence-corrected chi connectivity index (χ1v) is 11.1. The zero-order valence-corrected chi connectivity index (χ0v) is 19.6. The number of pyridine rings is 1. The Hall–Kier alpha value is -3.71. The third-order valence-corrected chi connectivity index (χ3v) is 5.72. The van der Waals surface area contributed by atoms with Crippen molar-refractivity contribution >= 4 is 23.1 Å². The highest BCUT2D eigenvalue weighted by atomic mass is 35.5. The molecule has 36 heavy (non-hydrogen) atoms. The van der Waals surface area contributed by atoms with Gasteiger partial charge >= 0.3 is 12.1 Å². The Kier molecular flexibility index (Phi) is 7.13. The van der Waals surface area contributed by atoms with Crippen LogP contribution >= 0.6 is 11.6 Å². The number of anilines is 2. The van der Waals surface area contributed by atoms with Crippen LogP contribution in [-0.2, 0) is 20.1 Å². The first-order valence-electron chi connectivity index (χ1n) is 10.7. The standard InChI is InChI=1S/C22H21ClF3N5O5/c1-29-18-17(19(33)30(21(29)34)8-3-9-32)31(12-13-6-7-27-11-16(13)23)20(28-18)35-14-4-2-5-15(10-14)36-22(24,25)26/h2,4-7,10-11,20,28,32H,3,8-9,12H2,1H3. The zero-order valence-electron chi connectivity index (χ0n) is 18.8. The summed E-state index contributed by atoms with van der Waals surface area (Å²) in [5.74, 6) is -0.320. The largest absolute Gasteiger partial charge is 0.573 e. The van der Waals surface area contributed by atoms with Gasteiger partial charge in [0.25, 0.3) is 11.9 Å². The predicted octanol–water partition coefficient (Wildman–Crippen LogP) is 2.67. The van der Waals surface area contributed by atoms with Crippen molar-refractivity contribution in [3.63, 3.8) is 0 Å². The molecule has 14 heteroatoms. The van der Waals surface area contributed by atoms with Gasteiger partial charge in [-0.05, 0) is 30.2 Å². The highest BCUT2D eigenvalue weighted by Crippen LogP contribution is 2.34. The minimum atomic E-state index is -4.89. The second-order valence-corrected chi connectivity index (χ2v) is 8.21. The number of benzene rings is 1. The van der Waals surface area contributed by atoms with E-state index < -0.39 is 29.7 Å². The van der Waals surface area contributed by atoms with Gasteiger partial charge in [0.1, 0.15) is 23.0 Å². The molecule has 3 heterocycles. The molecule has 4 rings (SSSR count). The Balaban J connectivity index is 1.76. The monoisotopic (exact) mass is 527 g/mol. The minimum Gasteiger partial charge on any atom is -0.452 e. The molecule has 192 valence electrons. The Bertz CT molecular complexity index is 1380. The van der Waals surface area contributed by atoms with Crippen LogP contribution in [0.2, 0.25) is 5.02 Å². The smallest absolute Gasteiger partial charge is 0.452 e. The first-order chi connectivity index (χ1) is 17.1. The molecule has 0 fully saturated rings. The van der Waals surface area contributed by atoms with Crippen LogP contribution in [0.15, 0.2) is 52.3 Å². The lowest BCUT2D eigenvalue weighted by Gasteiger charge is -2.27. The van der Waals surface area contributed by atoms with Crippen molar-refractivity contribution in [2.45, 2.75) is 32.2 Å². The number of alkyl halides is 3. The maximum atomic E-state index is 13.4. The number of ether oxygens (including phenoxy) is 2. The van der Waals surface area contributed by atoms with Gasteiger partial charge in [0, 0.05) is 38.7 Å². The number of aliphatic hydroxyl groups is 1. The average Bonchev–Trinajstić information content (AvgIpc) is 3.16. The average molecular weight is 528 g/mol. The fourth-order valence-electron chi connectivity index (χ4n) is 3.76. The van der Waals surface area contributed by atoms with Crippen molar-refractivity contribution in [1.29, 1.82) is 0 Å². The van der Waals surface area contributed by atoms with E-state index in [4.69, 9.17) is 16.3 Å². The van der Waals surface area contributed by atoms with Crippen LogP contribution in [-0.4, -0.2) is 38.5 Å². The van der Waals surface area contributed by atoms with E-state index in [9.17, 15) is 27.9 Å². The maximum Gasteiger partial charge on any atom is 0.573 e. The molecule has 2 aromatic heterocycles. The Morgan fingerprint density at radius 1 is 1.22 bits per heavy atom. The first kappa shape index (κ1) is 25.4. The summed E-state index contributed by atoms with van der Waals surface area (Å²) in [6.07, 6.45) is -2.86. The van der Waals surface area contributed by atoms with E-state index in [1.807, 2.05) is 0 Å². The summed E-state index contributed by atoms with van der Waals surface area (Å²) in [4.78, 5) is 31.6. The zero-order chi connectivity index (χ0) is 26.0. The number of hydrogen-bond donors (Lipinski definition) is 2. The van der Waals surface area contributed by atoms with Gasteiger partial charge in [0.05, 0.1) is 11.6 Å². The number of halogens is 4. The maximum absolute atomic E-state index is 13.4. The van der Waals surface area contributed by atoms with Gasteiger partial charge in [0.2, 0.25) is 0 Å². The van der Waals surface area contributed by atoms with Crippen molar-refractivity contribution in [2.24, 2.45) is 7.05 Å². The van der Waals surface area contributed by atoms with Gasteiger partial charge in [-0.25, -0.2) is 4.79 Å². The molecule has 3 aromatic rings. The van der Waals surface area contributed by atoms with Crippen LogP contribution < -0.4 is 30.9 Å². The number of rotatable bonds is 8. The van der Waals surface area contributed by atoms with Crippen molar-refractivity contribution in [3.05, 3.63) is 74.1 Å². The Labute approximate surface area is 207 Å². The van der Waals surface area contributed by atoms with Crippen LogP contribution in [0.3, 0.4) is 0 Å². The highest BCUT2D eigenvalue weighted by Gasteiger charge is 2.37. The van der Waals surface area contributed by atoms with E-state index in [1.165, 1.54) is 41.0 Å². The van der Waals surface area contributed by atoms with Gasteiger partial charge in [-0.1, -0.05) is 17.7 Å². The number of fused-ring (bicyclic) bond motifs is 1. The molecule has 1 aliphatic rings. The lowest BCUT2D eigenvalue weighted by atomic mass is 10.2. The van der Waals surface area contributed by atoms with E-state index in [0.717, 1.165) is 16.7 Å². The summed E-state index contributed by atoms with van der Waals surface area (Å²) in [6, 6.07) is 6.55. The lowest BCUT2D eigenvalue weighted by molar-refractivity contribution is -0.274. The molecule has 1 aromatic carbocycles. The summed E-state index contributed by atoms with van der Waals surface area (Å²) in [5.41, 5.74) is -0.558. The predicted molar refractivity (Wildman–Crippen MR) is 124 cm³/mol. The van der Waals surface area contributed by atoms with Gasteiger partial charge in [-0.3, -0.25) is 18.9 Å². The molecular weight excluding hydrogens is 507 g/mol. The summed E-state index contributed by atoms with van der Waals surface area (Å²) in [7, 11) is 1.46. The van der Waals surface area contributed by atoms with Crippen molar-refractivity contribution in [1.82, 2.24) is 14.1 Å². The summed E-state index contributed by atoms with van der Waals surface area (Å²) in [5, 5.41) is 12.5. The van der Waals surface area contributed by atoms with Crippen LogP contribution in [0.4, 0.5) is 24.7 Å². The van der Waals surface area contributed by atoms with E-state index in [0.29, 0.717) is 10.6 Å². The molecule has 10 nitrogen and oxygen atoms in total. The molecule has 2 N–H and O–H groups in total. The molecule has 0 spiro atoms. The van der Waals surface area contributed by atoms with Gasteiger partial charge < -0.3 is 24.8 Å². The molecule has 0 amide bonds. The van der Waals surface area contributed by atoms with E-state index in [-0.39, 0.29) is 43.4 Å². The van der Waals surface area contributed by atoms with Crippen molar-refractivity contribution in [2.75, 3.05) is 16.8 Å². The van der Waals surface area contributed by atoms with Crippen molar-refractivity contribution < 1.29 is 27.8 Å². The van der Waals surface area contributed by atoms with Crippen molar-refractivity contribution in [3.8, 4) is 11.5 Å². The summed E-state index contributed by atoms with van der Waals surface area (Å²) < 4.78 is 50.1. The molecule has 0 saturated carbocycles. The lowest BCUT2D eigenvalue weighted by Crippen LogP contribution is -2.43. The summed E-state index contributed by atoms with van der Waals surface area (Å²) >= 11 is 6.28. The Morgan fingerprint density at radius 2 is 1.97 bits per heavy atom. The second-order valence-electron chi connectivity index (χ2n) is 7.80. The molecule has 1 atom stereocenters. The van der Waals surface area contributed by atoms with Crippen LogP contribution in [0.5, 0.6) is 11.5 Å². The second kappa shape index (κ2) is 10.1. The SMILES string of the molecule is Cn1c2c(c(=O)n(CCCO)c1=O)N(Cc1ccncc1Cl)C(Oc1cccc(OC(F)(F)F)c1)N2. The van der Waals surface area contributed by atoms with Gasteiger partial charge in [-0.2, -0.15) is 0 Å². The van der Waals surface area contributed by atoms with Gasteiger partial charge in [-0.15, -0.1) is 13.2 Å². The number of nitrogens with one attached hydrogen (secondary N) is 1. The molecule has 1 unspecified atom stereocenters. The molecule has 0 aliphatic carbocycles. The number of nitrogens with zero attached hydrogens (tertiary/aromatic N) is 4. The van der Waals surface area contributed by atoms with E-state index >= 15 is 0 Å². The molecule has 0 saturated heterocycles. The van der Waals surface area contributed by atoms with E-state index in [1.54, 1.807) is 6.07 Å². The number of hydrogen-bond acceptors (Lipinski definition) is 8. The van der Waals surface area contributed by atoms with Crippen LogP contribution in [0.25, 0.3) is 0 Å². The molecule has 0 radical (unpaired) electrons. The highest BCUT2D eigenvalue weighted by molar-refractivity contribution is 6.31.